The number of phosphoric ester groups is 1. The van der Waals surface area contributed by atoms with E-state index < -0.39 is 156 Å². The average Bonchev–Trinajstić information content (AvgIpc) is 0.767. The summed E-state index contributed by atoms with van der Waals surface area (Å²) < 4.78 is 64.7. The Morgan fingerprint density at radius 2 is 0.802 bits per heavy atom. The second kappa shape index (κ2) is 53.3. The van der Waals surface area contributed by atoms with Gasteiger partial charge in [0.05, 0.1) is 13.2 Å². The molecular formula is C71H129O24P. The summed E-state index contributed by atoms with van der Waals surface area (Å²) in [6.07, 6.45) is 13.2. The third-order valence-corrected chi connectivity index (χ3v) is 19.3. The van der Waals surface area contributed by atoms with Crippen molar-refractivity contribution in [2.24, 2.45) is 0 Å². The number of aliphatic hydroxyl groups excluding tert-OH is 10. The lowest BCUT2D eigenvalue weighted by Gasteiger charge is -2.49. The molecule has 2 aliphatic heterocycles. The highest BCUT2D eigenvalue weighted by Gasteiger charge is 2.58. The van der Waals surface area contributed by atoms with Crippen LogP contribution in [0.3, 0.4) is 0 Å². The second-order valence-electron chi connectivity index (χ2n) is 26.7. The molecule has 3 rings (SSSR count). The maximum atomic E-state index is 14.3. The molecule has 1 aliphatic carbocycles. The third-order valence-electron chi connectivity index (χ3n) is 18.3. The highest BCUT2D eigenvalue weighted by atomic mass is 31.2. The van der Waals surface area contributed by atoms with E-state index in [0.717, 1.165) is 96.0 Å². The first-order chi connectivity index (χ1) is 46.3. The lowest BCUT2D eigenvalue weighted by atomic mass is 9.84. The molecule has 2 saturated heterocycles. The van der Waals surface area contributed by atoms with Gasteiger partial charge in [-0.2, -0.15) is 0 Å². The van der Waals surface area contributed by atoms with E-state index in [1.807, 2.05) is 6.08 Å². The highest BCUT2D eigenvalue weighted by molar-refractivity contribution is 7.47. The van der Waals surface area contributed by atoms with Crippen LogP contribution in [0.1, 0.15) is 278 Å². The lowest BCUT2D eigenvalue weighted by molar-refractivity contribution is -0.360. The molecule has 25 heteroatoms. The number of aliphatic hydroxyl groups is 10. The molecule has 0 aromatic heterocycles. The van der Waals surface area contributed by atoms with Gasteiger partial charge in [-0.05, 0) is 25.7 Å². The van der Waals surface area contributed by atoms with Crippen molar-refractivity contribution in [3.63, 3.8) is 0 Å². The summed E-state index contributed by atoms with van der Waals surface area (Å²) in [6.45, 7) is 3.32. The van der Waals surface area contributed by atoms with E-state index in [4.69, 9.17) is 42.2 Å². The highest BCUT2D eigenvalue weighted by Crippen LogP contribution is 2.49. The Balaban J connectivity index is 1.76. The fourth-order valence-corrected chi connectivity index (χ4v) is 13.2. The van der Waals surface area contributed by atoms with Crippen molar-refractivity contribution in [2.75, 3.05) is 26.4 Å². The van der Waals surface area contributed by atoms with Crippen LogP contribution in [-0.4, -0.2) is 204 Å². The van der Waals surface area contributed by atoms with Gasteiger partial charge in [0.2, 0.25) is 0 Å². The molecule has 96 heavy (non-hydrogen) atoms. The van der Waals surface area contributed by atoms with E-state index in [9.17, 15) is 74.9 Å². The molecule has 18 unspecified atom stereocenters. The second-order valence-corrected chi connectivity index (χ2v) is 28.1. The lowest BCUT2D eigenvalue weighted by Crippen LogP contribution is -2.69. The summed E-state index contributed by atoms with van der Waals surface area (Å²) >= 11 is 0. The van der Waals surface area contributed by atoms with Crippen molar-refractivity contribution in [2.45, 2.75) is 382 Å². The first-order valence-corrected chi connectivity index (χ1v) is 38.7. The Morgan fingerprint density at radius 1 is 0.427 bits per heavy atom. The van der Waals surface area contributed by atoms with E-state index in [0.29, 0.717) is 12.8 Å². The Bertz CT molecular complexity index is 2090. The van der Waals surface area contributed by atoms with Crippen LogP contribution in [0.2, 0.25) is 0 Å². The van der Waals surface area contributed by atoms with Crippen LogP contribution < -0.4 is 0 Å². The van der Waals surface area contributed by atoms with Crippen molar-refractivity contribution in [3.8, 4) is 0 Å². The number of unbranched alkanes of at least 4 members (excludes halogenated alkanes) is 35. The van der Waals surface area contributed by atoms with Gasteiger partial charge < -0.3 is 89.1 Å². The number of esters is 3. The molecule has 0 aromatic rings. The van der Waals surface area contributed by atoms with Crippen LogP contribution >= 0.6 is 7.82 Å². The van der Waals surface area contributed by atoms with Gasteiger partial charge in [0.1, 0.15) is 98.7 Å². The van der Waals surface area contributed by atoms with Crippen LogP contribution in [-0.2, 0) is 61.2 Å². The van der Waals surface area contributed by atoms with Gasteiger partial charge >= 0.3 is 25.7 Å². The molecule has 2 heterocycles. The Morgan fingerprint density at radius 3 is 1.23 bits per heavy atom. The van der Waals surface area contributed by atoms with Gasteiger partial charge in [-0.3, -0.25) is 18.6 Å². The number of carbonyl (C=O) groups excluding carboxylic acids is 3. The van der Waals surface area contributed by atoms with Crippen LogP contribution in [0.25, 0.3) is 0 Å². The Labute approximate surface area is 573 Å². The normalized spacial score (nSPS) is 28.1. The van der Waals surface area contributed by atoms with Crippen molar-refractivity contribution in [1.82, 2.24) is 0 Å². The van der Waals surface area contributed by atoms with Crippen molar-refractivity contribution in [3.05, 3.63) is 24.3 Å². The largest absolute Gasteiger partial charge is 0.472 e. The number of rotatable bonds is 57. The smallest absolute Gasteiger partial charge is 0.463 e. The molecule has 1 saturated carbocycles. The van der Waals surface area contributed by atoms with Gasteiger partial charge in [-0.15, -0.1) is 0 Å². The molecule has 11 N–H and O–H groups in total. The maximum absolute atomic E-state index is 14.3. The Hall–Kier alpha value is -2.56. The number of hydrogen-bond donors (Lipinski definition) is 11. The van der Waals surface area contributed by atoms with E-state index in [1.54, 1.807) is 6.08 Å². The fourth-order valence-electron chi connectivity index (χ4n) is 12.3. The molecule has 0 amide bonds. The van der Waals surface area contributed by atoms with Gasteiger partial charge in [-0.25, -0.2) is 9.36 Å². The summed E-state index contributed by atoms with van der Waals surface area (Å²) in [6, 6.07) is 0. The van der Waals surface area contributed by atoms with Gasteiger partial charge in [0, 0.05) is 18.9 Å². The molecule has 0 bridgehead atoms. The fraction of sp³-hybridized carbons (Fsp3) is 0.901. The first kappa shape index (κ1) is 87.7. The van der Waals surface area contributed by atoms with Crippen LogP contribution in [0.15, 0.2) is 24.3 Å². The van der Waals surface area contributed by atoms with E-state index in [2.05, 4.69) is 20.8 Å². The predicted molar refractivity (Wildman–Crippen MR) is 361 cm³/mol. The minimum Gasteiger partial charge on any atom is -0.463 e. The quantitative estimate of drug-likeness (QED) is 0.00673. The van der Waals surface area contributed by atoms with Crippen LogP contribution in [0.5, 0.6) is 0 Å². The van der Waals surface area contributed by atoms with Crippen LogP contribution in [0.4, 0.5) is 0 Å². The SMILES string of the molecule is CCCCCCCCCCCCC/C=C/C=C/C(=O)OCC(COP(=O)(O)OC1C(OC2OC(CO)C(O)C(O)C2O)C(O)C(O)C(O)C1OC1OC(COC(=O)CCCCCCCCCCCCCCC)C(O)C(O)C1O)OC(=O)CCCCCCCCCCCCCCC. The number of ether oxygens (including phenoxy) is 7. The molecular weight excluding hydrogens is 1270 g/mol. The summed E-state index contributed by atoms with van der Waals surface area (Å²) in [5.41, 5.74) is 0. The molecule has 3 fully saturated rings. The van der Waals surface area contributed by atoms with E-state index in [-0.39, 0.29) is 12.8 Å². The molecule has 562 valence electrons. The zero-order valence-electron chi connectivity index (χ0n) is 58.4. The predicted octanol–water partition coefficient (Wildman–Crippen LogP) is 9.74. The summed E-state index contributed by atoms with van der Waals surface area (Å²) in [5, 5.41) is 110. The number of carbonyl (C=O) groups is 3. The van der Waals surface area contributed by atoms with Crippen LogP contribution in [0, 0.1) is 0 Å². The molecule has 18 atom stereocenters. The number of hydrogen-bond acceptors (Lipinski definition) is 23. The zero-order chi connectivity index (χ0) is 70.4. The van der Waals surface area contributed by atoms with Crippen molar-refractivity contribution >= 4 is 25.7 Å². The van der Waals surface area contributed by atoms with Gasteiger partial charge in [0.25, 0.3) is 0 Å². The molecule has 0 aromatic carbocycles. The average molecular weight is 1400 g/mol. The Kier molecular flexibility index (Phi) is 48.7. The molecule has 24 nitrogen and oxygen atoms in total. The van der Waals surface area contributed by atoms with E-state index in [1.165, 1.54) is 147 Å². The molecule has 0 spiro atoms. The van der Waals surface area contributed by atoms with Gasteiger partial charge in [0.15, 0.2) is 18.7 Å². The summed E-state index contributed by atoms with van der Waals surface area (Å²) in [7, 11) is -5.71. The zero-order valence-corrected chi connectivity index (χ0v) is 59.3. The number of phosphoric acid groups is 1. The molecule has 3 aliphatic rings. The summed E-state index contributed by atoms with van der Waals surface area (Å²) in [4.78, 5) is 50.8. The minimum atomic E-state index is -5.71. The topological polar surface area (TPSA) is 374 Å². The molecule has 0 radical (unpaired) electrons. The standard InChI is InChI=1S/C71H129O24P/c1-4-7-10-13-16-19-22-25-26-29-31-33-36-39-42-45-55(73)87-49-52(90-57(75)47-44-41-38-35-32-28-24-21-18-15-12-9-6-3)50-89-96(85,86)95-69-67(93-70-65(83)60(78)58(76)53(48-72)91-70)63(81)62(80)64(82)68(69)94-71-66(84)61(79)59(77)54(92-71)51-88-56(74)46-43-40-37-34-30-27-23-20-17-14-11-8-5-2/h36,39,42,45,52-54,58-72,76-84H,4-35,37-38,40-41,43-44,46-51H2,1-3H3,(H,85,86)/b39-36+,45-42+. The van der Waals surface area contributed by atoms with E-state index >= 15 is 0 Å². The van der Waals surface area contributed by atoms with Crippen molar-refractivity contribution < 1.29 is 117 Å². The number of allylic oxidation sites excluding steroid dienone is 3. The maximum Gasteiger partial charge on any atom is 0.472 e. The third kappa shape index (κ3) is 36.4. The summed E-state index contributed by atoms with van der Waals surface area (Å²) in [5.74, 6) is -2.24. The minimum absolute atomic E-state index is 0.0287. The first-order valence-electron chi connectivity index (χ1n) is 37.2. The van der Waals surface area contributed by atoms with Gasteiger partial charge in [-0.1, -0.05) is 257 Å². The monoisotopic (exact) mass is 1400 g/mol. The van der Waals surface area contributed by atoms with Crippen molar-refractivity contribution in [1.29, 1.82) is 0 Å².